The van der Waals surface area contributed by atoms with Gasteiger partial charge in [-0.15, -0.1) is 0 Å². The minimum absolute atomic E-state index is 0.0209. The van der Waals surface area contributed by atoms with Crippen LogP contribution in [-0.4, -0.2) is 48.8 Å². The second kappa shape index (κ2) is 10.6. The van der Waals surface area contributed by atoms with E-state index >= 15 is 0 Å². The number of alkyl halides is 3. The van der Waals surface area contributed by atoms with Crippen LogP contribution < -0.4 is 15.8 Å². The van der Waals surface area contributed by atoms with Gasteiger partial charge >= 0.3 is 6.18 Å². The number of rotatable bonds is 6. The second-order valence-corrected chi connectivity index (χ2v) is 8.27. The number of fused-ring (bicyclic) bond motifs is 2. The average Bonchev–Trinajstić information content (AvgIpc) is 3.19. The monoisotopic (exact) mass is 514 g/mol. The first-order valence-electron chi connectivity index (χ1n) is 11.3. The summed E-state index contributed by atoms with van der Waals surface area (Å²) in [4.78, 5) is 21.3. The highest BCUT2D eigenvalue weighted by Gasteiger charge is 2.34. The molecule has 1 heterocycles. The summed E-state index contributed by atoms with van der Waals surface area (Å²) in [6.07, 6.45) is -3.68. The van der Waals surface area contributed by atoms with E-state index in [4.69, 9.17) is 15.2 Å². The van der Waals surface area contributed by atoms with Gasteiger partial charge in [-0.3, -0.25) is 4.79 Å². The highest BCUT2D eigenvalue weighted by atomic mass is 19.4. The first-order chi connectivity index (χ1) is 17.7. The quantitative estimate of drug-likeness (QED) is 0.264. The van der Waals surface area contributed by atoms with Gasteiger partial charge < -0.3 is 25.6 Å². The molecule has 37 heavy (non-hydrogen) atoms. The first kappa shape index (κ1) is 26.1. The number of aromatic nitrogens is 1. The predicted molar refractivity (Wildman–Crippen MR) is 131 cm³/mol. The van der Waals surface area contributed by atoms with E-state index in [1.807, 2.05) is 24.3 Å². The van der Waals surface area contributed by atoms with Gasteiger partial charge in [-0.1, -0.05) is 24.3 Å². The number of benzene rings is 2. The molecule has 0 radical (unpaired) electrons. The van der Waals surface area contributed by atoms with E-state index in [1.165, 1.54) is 32.4 Å². The molecule has 4 N–H and O–H groups in total. The molecule has 2 unspecified atom stereocenters. The Morgan fingerprint density at radius 1 is 1.22 bits per heavy atom. The van der Waals surface area contributed by atoms with Crippen LogP contribution in [0.1, 0.15) is 28.4 Å². The average molecular weight is 515 g/mol. The third-order valence-electron chi connectivity index (χ3n) is 6.01. The highest BCUT2D eigenvalue weighted by Crippen LogP contribution is 2.34. The van der Waals surface area contributed by atoms with E-state index in [9.17, 15) is 23.1 Å². The molecule has 194 valence electrons. The van der Waals surface area contributed by atoms with Crippen LogP contribution in [-0.2, 0) is 22.1 Å². The molecule has 0 fully saturated rings. The number of aliphatic hydroxyl groups excluding tert-OH is 1. The molecule has 2 atom stereocenters. The summed E-state index contributed by atoms with van der Waals surface area (Å²) >= 11 is 0. The number of nitrogens with zero attached hydrogens (tertiary/aromatic N) is 2. The van der Waals surface area contributed by atoms with E-state index in [0.717, 1.165) is 17.2 Å². The number of pyridine rings is 1. The van der Waals surface area contributed by atoms with Crippen molar-refractivity contribution in [3.8, 4) is 5.75 Å². The van der Waals surface area contributed by atoms with Gasteiger partial charge in [0.25, 0.3) is 5.91 Å². The number of hydrogen-bond donors (Lipinski definition) is 3. The Morgan fingerprint density at radius 2 is 1.97 bits per heavy atom. The van der Waals surface area contributed by atoms with Crippen LogP contribution in [0.15, 0.2) is 65.3 Å². The molecule has 4 rings (SSSR count). The van der Waals surface area contributed by atoms with Crippen molar-refractivity contribution in [2.45, 2.75) is 24.7 Å². The molecular weight excluding hydrogens is 489 g/mol. The Morgan fingerprint density at radius 3 is 2.65 bits per heavy atom. The molecule has 1 aliphatic rings. The standard InChI is InChI=1S/C26H25F3N4O4/c1-36-20-9-7-17(16-8-10-21(26(27,28)29)32-23(16)20)25(37-2)31-18(11-12-30)24(35)33-22-15-6-4-3-5-14(15)13-19(22)34/h3-11,19,22,34H,12-13,30H2,1-2H3,(H,33,35)/b18-11+,31-25?. The van der Waals surface area contributed by atoms with Crippen molar-refractivity contribution in [1.29, 1.82) is 0 Å². The van der Waals surface area contributed by atoms with Crippen LogP contribution >= 0.6 is 0 Å². The topological polar surface area (TPSA) is 119 Å². The summed E-state index contributed by atoms with van der Waals surface area (Å²) in [6.45, 7) is -0.0209. The highest BCUT2D eigenvalue weighted by molar-refractivity contribution is 6.09. The smallest absolute Gasteiger partial charge is 0.433 e. The summed E-state index contributed by atoms with van der Waals surface area (Å²) in [7, 11) is 2.64. The van der Waals surface area contributed by atoms with Gasteiger partial charge in [0.15, 0.2) is 0 Å². The summed E-state index contributed by atoms with van der Waals surface area (Å²) in [6, 6.07) is 11.8. The lowest BCUT2D eigenvalue weighted by atomic mass is 10.1. The Labute approximate surface area is 210 Å². The van der Waals surface area contributed by atoms with Gasteiger partial charge in [0, 0.05) is 23.9 Å². The lowest BCUT2D eigenvalue weighted by molar-refractivity contribution is -0.141. The Hall–Kier alpha value is -3.96. The molecule has 1 amide bonds. The first-order valence-corrected chi connectivity index (χ1v) is 11.3. The Balaban J connectivity index is 1.73. The van der Waals surface area contributed by atoms with Gasteiger partial charge in [-0.05, 0) is 41.5 Å². The summed E-state index contributed by atoms with van der Waals surface area (Å²) in [5.74, 6) is -0.517. The summed E-state index contributed by atoms with van der Waals surface area (Å²) in [5, 5.41) is 13.6. The fourth-order valence-corrected chi connectivity index (χ4v) is 4.29. The molecule has 1 aromatic heterocycles. The number of hydrogen-bond acceptors (Lipinski definition) is 7. The normalized spacial score (nSPS) is 18.0. The maximum absolute atomic E-state index is 13.3. The lowest BCUT2D eigenvalue weighted by Gasteiger charge is -2.18. The maximum Gasteiger partial charge on any atom is 0.433 e. The molecule has 11 heteroatoms. The van der Waals surface area contributed by atoms with Crippen molar-refractivity contribution in [2.75, 3.05) is 20.8 Å². The Kier molecular flexibility index (Phi) is 7.46. The number of carbonyl (C=O) groups excluding carboxylic acids is 1. The third-order valence-corrected chi connectivity index (χ3v) is 6.01. The number of nitrogens with one attached hydrogen (secondary N) is 1. The number of amides is 1. The van der Waals surface area contributed by atoms with Crippen LogP contribution in [0.25, 0.3) is 10.9 Å². The zero-order chi connectivity index (χ0) is 26.7. The SMILES string of the molecule is COC(=N/C(=C/CN)C(=O)NC1c2ccccc2CC1O)c1ccc(OC)c2nc(C(F)(F)F)ccc12. The third kappa shape index (κ3) is 5.27. The van der Waals surface area contributed by atoms with E-state index < -0.39 is 29.9 Å². The van der Waals surface area contributed by atoms with E-state index in [0.29, 0.717) is 12.0 Å². The van der Waals surface area contributed by atoms with Gasteiger partial charge in [-0.25, -0.2) is 9.98 Å². The number of nitrogens with two attached hydrogens (primary N) is 1. The summed E-state index contributed by atoms with van der Waals surface area (Å²) in [5.41, 5.74) is 6.50. The van der Waals surface area contributed by atoms with Gasteiger partial charge in [0.05, 0.1) is 26.4 Å². The molecule has 0 saturated heterocycles. The van der Waals surface area contributed by atoms with Gasteiger partial charge in [0.1, 0.15) is 22.7 Å². The van der Waals surface area contributed by atoms with Crippen LogP contribution in [0, 0.1) is 0 Å². The van der Waals surface area contributed by atoms with Crippen molar-refractivity contribution < 1.29 is 32.5 Å². The molecular formula is C26H25F3N4O4. The minimum atomic E-state index is -4.65. The predicted octanol–water partition coefficient (Wildman–Crippen LogP) is 3.27. The fourth-order valence-electron chi connectivity index (χ4n) is 4.29. The number of methoxy groups -OCH3 is 2. The Bertz CT molecular complexity index is 1390. The molecule has 1 aliphatic carbocycles. The number of aliphatic imine (C=N–C) groups is 1. The van der Waals surface area contributed by atoms with Crippen LogP contribution in [0.2, 0.25) is 0 Å². The summed E-state index contributed by atoms with van der Waals surface area (Å²) < 4.78 is 50.5. The molecule has 0 bridgehead atoms. The molecule has 0 spiro atoms. The molecule has 2 aromatic carbocycles. The number of halogens is 3. The van der Waals surface area contributed by atoms with E-state index in [1.54, 1.807) is 6.07 Å². The number of carbonyl (C=O) groups is 1. The number of ether oxygens (including phenoxy) is 2. The molecule has 0 saturated carbocycles. The van der Waals surface area contributed by atoms with Gasteiger partial charge in [0.2, 0.25) is 5.90 Å². The zero-order valence-electron chi connectivity index (χ0n) is 20.0. The maximum atomic E-state index is 13.3. The molecule has 3 aromatic rings. The van der Waals surface area contributed by atoms with Gasteiger partial charge in [-0.2, -0.15) is 13.2 Å². The van der Waals surface area contributed by atoms with Crippen molar-refractivity contribution in [1.82, 2.24) is 10.3 Å². The molecule has 0 aliphatic heterocycles. The second-order valence-electron chi connectivity index (χ2n) is 8.27. The fraction of sp³-hybridized carbons (Fsp3) is 0.269. The number of aliphatic hydroxyl groups is 1. The van der Waals surface area contributed by atoms with Crippen LogP contribution in [0.4, 0.5) is 13.2 Å². The lowest BCUT2D eigenvalue weighted by Crippen LogP contribution is -2.35. The van der Waals surface area contributed by atoms with Crippen molar-refractivity contribution >= 4 is 22.7 Å². The van der Waals surface area contributed by atoms with E-state index in [-0.39, 0.29) is 34.8 Å². The minimum Gasteiger partial charge on any atom is -0.494 e. The zero-order valence-corrected chi connectivity index (χ0v) is 20.0. The van der Waals surface area contributed by atoms with E-state index in [2.05, 4.69) is 15.3 Å². The van der Waals surface area contributed by atoms with Crippen molar-refractivity contribution in [3.05, 3.63) is 82.7 Å². The molecule has 8 nitrogen and oxygen atoms in total. The van der Waals surface area contributed by atoms with Crippen LogP contribution in [0.5, 0.6) is 5.75 Å². The van der Waals surface area contributed by atoms with Crippen molar-refractivity contribution in [2.24, 2.45) is 10.7 Å². The largest absolute Gasteiger partial charge is 0.494 e. The van der Waals surface area contributed by atoms with Crippen LogP contribution in [0.3, 0.4) is 0 Å². The van der Waals surface area contributed by atoms with Crippen molar-refractivity contribution in [3.63, 3.8) is 0 Å².